The van der Waals surface area contributed by atoms with E-state index in [-0.39, 0.29) is 37.5 Å². The van der Waals surface area contributed by atoms with Crippen LogP contribution in [-0.2, 0) is 4.79 Å². The number of carbonyl (C=O) groups is 2. The van der Waals surface area contributed by atoms with Gasteiger partial charge in [-0.1, -0.05) is 6.07 Å². The number of hydrogen-bond acceptors (Lipinski definition) is 2. The van der Waals surface area contributed by atoms with Crippen LogP contribution in [0.3, 0.4) is 0 Å². The Morgan fingerprint density at radius 3 is 2.36 bits per heavy atom. The van der Waals surface area contributed by atoms with Crippen molar-refractivity contribution < 1.29 is 27.2 Å². The normalized spacial score (nSPS) is 16.5. The van der Waals surface area contributed by atoms with Crippen molar-refractivity contribution in [1.29, 1.82) is 0 Å². The second-order valence-corrected chi connectivity index (χ2v) is 5.05. The van der Waals surface area contributed by atoms with Gasteiger partial charge < -0.3 is 10.2 Å². The monoisotopic (exact) mass is 318 g/mol. The van der Waals surface area contributed by atoms with Gasteiger partial charge in [-0.3, -0.25) is 9.59 Å². The van der Waals surface area contributed by atoms with Gasteiger partial charge in [-0.2, -0.15) is 13.2 Å². The zero-order chi connectivity index (χ0) is 16.3. The summed E-state index contributed by atoms with van der Waals surface area (Å²) >= 11 is 0. The summed E-state index contributed by atoms with van der Waals surface area (Å²) in [6.07, 6.45) is -4.43. The zero-order valence-electron chi connectivity index (χ0n) is 11.5. The quantitative estimate of drug-likeness (QED) is 0.849. The van der Waals surface area contributed by atoms with E-state index in [1.807, 2.05) is 0 Å². The maximum atomic E-state index is 13.0. The Labute approximate surface area is 124 Å². The third-order valence-corrected chi connectivity index (χ3v) is 3.45. The lowest BCUT2D eigenvalue weighted by molar-refractivity contribution is -0.186. The first-order valence-corrected chi connectivity index (χ1v) is 6.70. The number of nitrogens with one attached hydrogen (secondary N) is 1. The summed E-state index contributed by atoms with van der Waals surface area (Å²) in [5, 5.41) is 2.64. The van der Waals surface area contributed by atoms with E-state index in [0.717, 1.165) is 11.0 Å². The highest BCUT2D eigenvalue weighted by atomic mass is 19.4. The fourth-order valence-electron chi connectivity index (χ4n) is 2.30. The molecule has 1 aliphatic heterocycles. The molecular formula is C14H14F4N2O2. The number of piperidine rings is 1. The molecule has 0 spiro atoms. The van der Waals surface area contributed by atoms with E-state index < -0.39 is 23.8 Å². The number of likely N-dealkylation sites (tertiary alicyclic amines) is 1. The fraction of sp³-hybridized carbons (Fsp3) is 0.429. The average Bonchev–Trinajstić information content (AvgIpc) is 2.46. The summed E-state index contributed by atoms with van der Waals surface area (Å²) in [5.74, 6) is -2.89. The number of nitrogens with zero attached hydrogens (tertiary/aromatic N) is 1. The Morgan fingerprint density at radius 1 is 1.18 bits per heavy atom. The second-order valence-electron chi connectivity index (χ2n) is 5.05. The Bertz CT molecular complexity index is 566. The first-order valence-electron chi connectivity index (χ1n) is 6.70. The van der Waals surface area contributed by atoms with Crippen molar-refractivity contribution in [3.05, 3.63) is 35.6 Å². The number of carbonyl (C=O) groups excluding carboxylic acids is 2. The Balaban J connectivity index is 1.88. The van der Waals surface area contributed by atoms with E-state index in [1.165, 1.54) is 18.2 Å². The molecule has 2 amide bonds. The van der Waals surface area contributed by atoms with Gasteiger partial charge in [-0.25, -0.2) is 4.39 Å². The van der Waals surface area contributed by atoms with Crippen LogP contribution < -0.4 is 5.32 Å². The molecule has 8 heteroatoms. The Morgan fingerprint density at radius 2 is 1.82 bits per heavy atom. The molecule has 0 aromatic heterocycles. The summed E-state index contributed by atoms with van der Waals surface area (Å²) in [7, 11) is 0. The molecule has 0 saturated carbocycles. The molecule has 1 aromatic carbocycles. The van der Waals surface area contributed by atoms with Crippen LogP contribution in [0.5, 0.6) is 0 Å². The first kappa shape index (κ1) is 16.3. The number of rotatable bonds is 2. The summed E-state index contributed by atoms with van der Waals surface area (Å²) in [6, 6.07) is 4.79. The molecule has 120 valence electrons. The molecule has 0 aliphatic carbocycles. The van der Waals surface area contributed by atoms with E-state index in [4.69, 9.17) is 0 Å². The Hall–Kier alpha value is -2.12. The van der Waals surface area contributed by atoms with Crippen LogP contribution in [0.15, 0.2) is 24.3 Å². The molecule has 0 unspecified atom stereocenters. The number of amides is 2. The largest absolute Gasteiger partial charge is 0.471 e. The van der Waals surface area contributed by atoms with E-state index in [2.05, 4.69) is 5.32 Å². The maximum absolute atomic E-state index is 13.0. The summed E-state index contributed by atoms with van der Waals surface area (Å²) in [5.41, 5.74) is 0.147. The molecule has 0 atom stereocenters. The van der Waals surface area contributed by atoms with Gasteiger partial charge in [0.1, 0.15) is 5.82 Å². The van der Waals surface area contributed by atoms with Crippen molar-refractivity contribution >= 4 is 11.8 Å². The zero-order valence-corrected chi connectivity index (χ0v) is 11.5. The number of hydrogen-bond donors (Lipinski definition) is 1. The molecule has 0 bridgehead atoms. The molecule has 1 aliphatic rings. The maximum Gasteiger partial charge on any atom is 0.471 e. The van der Waals surface area contributed by atoms with E-state index >= 15 is 0 Å². The minimum Gasteiger partial charge on any atom is -0.349 e. The molecule has 1 saturated heterocycles. The first-order chi connectivity index (χ1) is 10.3. The van der Waals surface area contributed by atoms with Crippen LogP contribution in [0, 0.1) is 5.82 Å². The lowest BCUT2D eigenvalue weighted by Crippen LogP contribution is -2.50. The van der Waals surface area contributed by atoms with Gasteiger partial charge in [0.25, 0.3) is 5.91 Å². The predicted octanol–water partition coefficient (Wildman–Crippen LogP) is 2.11. The Kier molecular flexibility index (Phi) is 4.68. The number of benzene rings is 1. The van der Waals surface area contributed by atoms with Gasteiger partial charge in [-0.05, 0) is 31.0 Å². The lowest BCUT2D eigenvalue weighted by Gasteiger charge is -2.32. The highest BCUT2D eigenvalue weighted by molar-refractivity contribution is 5.94. The van der Waals surface area contributed by atoms with Crippen LogP contribution in [-0.4, -0.2) is 42.0 Å². The van der Waals surface area contributed by atoms with Crippen molar-refractivity contribution in [3.63, 3.8) is 0 Å². The average molecular weight is 318 g/mol. The van der Waals surface area contributed by atoms with Crippen LogP contribution in [0.25, 0.3) is 0 Å². The summed E-state index contributed by atoms with van der Waals surface area (Å²) in [6.45, 7) is -0.154. The number of alkyl halides is 3. The van der Waals surface area contributed by atoms with Gasteiger partial charge in [0.2, 0.25) is 0 Å². The van der Waals surface area contributed by atoms with Gasteiger partial charge in [0.05, 0.1) is 0 Å². The van der Waals surface area contributed by atoms with Crippen molar-refractivity contribution in [1.82, 2.24) is 10.2 Å². The molecule has 22 heavy (non-hydrogen) atoms. The minimum absolute atomic E-state index is 0.0769. The highest BCUT2D eigenvalue weighted by Gasteiger charge is 2.43. The van der Waals surface area contributed by atoms with Crippen molar-refractivity contribution in [2.45, 2.75) is 25.1 Å². The molecule has 1 N–H and O–H groups in total. The molecule has 1 aromatic rings. The second kappa shape index (κ2) is 6.33. The fourth-order valence-corrected chi connectivity index (χ4v) is 2.30. The van der Waals surface area contributed by atoms with Gasteiger partial charge >= 0.3 is 12.1 Å². The van der Waals surface area contributed by atoms with Gasteiger partial charge in [0, 0.05) is 24.7 Å². The standard InChI is InChI=1S/C14H14F4N2O2/c15-10-3-1-2-9(8-10)12(21)19-11-4-6-20(7-5-11)13(22)14(16,17)18/h1-3,8,11H,4-7H2,(H,19,21). The lowest BCUT2D eigenvalue weighted by atomic mass is 10.0. The molecular weight excluding hydrogens is 304 g/mol. The van der Waals surface area contributed by atoms with Crippen LogP contribution in [0.4, 0.5) is 17.6 Å². The van der Waals surface area contributed by atoms with Crippen molar-refractivity contribution in [2.75, 3.05) is 13.1 Å². The van der Waals surface area contributed by atoms with E-state index in [1.54, 1.807) is 0 Å². The van der Waals surface area contributed by atoms with E-state index in [9.17, 15) is 27.2 Å². The van der Waals surface area contributed by atoms with Crippen LogP contribution >= 0.6 is 0 Å². The third-order valence-electron chi connectivity index (χ3n) is 3.45. The number of halogens is 4. The van der Waals surface area contributed by atoms with E-state index in [0.29, 0.717) is 0 Å². The van der Waals surface area contributed by atoms with Gasteiger partial charge in [0.15, 0.2) is 0 Å². The third kappa shape index (κ3) is 3.96. The van der Waals surface area contributed by atoms with Crippen molar-refractivity contribution in [3.8, 4) is 0 Å². The molecule has 0 radical (unpaired) electrons. The smallest absolute Gasteiger partial charge is 0.349 e. The summed E-state index contributed by atoms with van der Waals surface area (Å²) in [4.78, 5) is 23.7. The van der Waals surface area contributed by atoms with Crippen LogP contribution in [0.1, 0.15) is 23.2 Å². The molecule has 1 fully saturated rings. The van der Waals surface area contributed by atoms with Crippen molar-refractivity contribution in [2.24, 2.45) is 0 Å². The van der Waals surface area contributed by atoms with Crippen LogP contribution in [0.2, 0.25) is 0 Å². The topological polar surface area (TPSA) is 49.4 Å². The molecule has 2 rings (SSSR count). The minimum atomic E-state index is -4.88. The predicted molar refractivity (Wildman–Crippen MR) is 69.5 cm³/mol. The SMILES string of the molecule is O=C(NC1CCN(C(=O)C(F)(F)F)CC1)c1cccc(F)c1. The highest BCUT2D eigenvalue weighted by Crippen LogP contribution is 2.21. The van der Waals surface area contributed by atoms with Gasteiger partial charge in [-0.15, -0.1) is 0 Å². The molecule has 4 nitrogen and oxygen atoms in total. The molecule has 1 heterocycles. The summed E-state index contributed by atoms with van der Waals surface area (Å²) < 4.78 is 49.9.